The van der Waals surface area contributed by atoms with Crippen LogP contribution in [-0.2, 0) is 42.1 Å². The van der Waals surface area contributed by atoms with Crippen molar-refractivity contribution in [2.45, 2.75) is 45.4 Å². The van der Waals surface area contributed by atoms with E-state index in [9.17, 15) is 4.79 Å². The predicted molar refractivity (Wildman–Crippen MR) is 92.8 cm³/mol. The maximum atomic E-state index is 12.6. The number of hydrogen-bond acceptors (Lipinski definition) is 4. The molecule has 6 heteroatoms. The highest BCUT2D eigenvalue weighted by Crippen LogP contribution is 2.32. The molecule has 0 spiro atoms. The summed E-state index contributed by atoms with van der Waals surface area (Å²) >= 11 is 1.65. The average Bonchev–Trinajstić information content (AvgIpc) is 3.13. The van der Waals surface area contributed by atoms with E-state index >= 15 is 0 Å². The van der Waals surface area contributed by atoms with Gasteiger partial charge in [0, 0.05) is 49.3 Å². The highest BCUT2D eigenvalue weighted by molar-refractivity contribution is 7.10. The van der Waals surface area contributed by atoms with Crippen LogP contribution in [0.4, 0.5) is 0 Å². The Morgan fingerprint density at radius 3 is 3.04 bits per heavy atom. The van der Waals surface area contributed by atoms with Crippen molar-refractivity contribution >= 4 is 17.2 Å². The van der Waals surface area contributed by atoms with E-state index in [1.165, 1.54) is 24.1 Å². The standard InChI is InChI=1S/C18H23N3O2S/c1-23-12-16-15-11-20(18(22)9-14-3-2-8-24-14)7-6-17(15)21(19-16)10-13-4-5-13/h2-3,8,13H,4-7,9-12H2,1H3. The molecule has 1 amide bonds. The Morgan fingerprint density at radius 1 is 1.46 bits per heavy atom. The lowest BCUT2D eigenvalue weighted by molar-refractivity contribution is -0.131. The van der Waals surface area contributed by atoms with Crippen LogP contribution < -0.4 is 0 Å². The Labute approximate surface area is 146 Å². The van der Waals surface area contributed by atoms with Gasteiger partial charge in [0.1, 0.15) is 0 Å². The number of hydrogen-bond donors (Lipinski definition) is 0. The van der Waals surface area contributed by atoms with Gasteiger partial charge in [0.15, 0.2) is 0 Å². The number of aromatic nitrogens is 2. The molecule has 24 heavy (non-hydrogen) atoms. The number of amides is 1. The molecule has 4 rings (SSSR count). The van der Waals surface area contributed by atoms with E-state index in [1.54, 1.807) is 18.4 Å². The number of ether oxygens (including phenoxy) is 1. The fourth-order valence-corrected chi connectivity index (χ4v) is 4.09. The quantitative estimate of drug-likeness (QED) is 0.809. The molecule has 128 valence electrons. The minimum absolute atomic E-state index is 0.210. The van der Waals surface area contributed by atoms with Gasteiger partial charge >= 0.3 is 0 Å². The van der Waals surface area contributed by atoms with Crippen LogP contribution in [0.2, 0.25) is 0 Å². The third kappa shape index (κ3) is 3.26. The largest absolute Gasteiger partial charge is 0.378 e. The molecular formula is C18H23N3O2S. The van der Waals surface area contributed by atoms with Crippen molar-refractivity contribution in [1.29, 1.82) is 0 Å². The van der Waals surface area contributed by atoms with Gasteiger partial charge in [-0.15, -0.1) is 11.3 Å². The van der Waals surface area contributed by atoms with Crippen LogP contribution in [0, 0.1) is 5.92 Å². The molecule has 2 aromatic rings. The molecule has 1 saturated carbocycles. The van der Waals surface area contributed by atoms with Crippen molar-refractivity contribution in [2.75, 3.05) is 13.7 Å². The van der Waals surface area contributed by atoms with Crippen LogP contribution in [0.5, 0.6) is 0 Å². The van der Waals surface area contributed by atoms with Crippen LogP contribution in [0.3, 0.4) is 0 Å². The van der Waals surface area contributed by atoms with Gasteiger partial charge in [-0.05, 0) is 30.2 Å². The van der Waals surface area contributed by atoms with Crippen molar-refractivity contribution in [1.82, 2.24) is 14.7 Å². The van der Waals surface area contributed by atoms with E-state index in [1.807, 2.05) is 22.4 Å². The SMILES string of the molecule is COCc1nn(CC2CC2)c2c1CN(C(=O)Cc1cccs1)CC2. The van der Waals surface area contributed by atoms with Crippen LogP contribution in [-0.4, -0.2) is 34.2 Å². The molecule has 0 N–H and O–H groups in total. The normalized spacial score (nSPS) is 17.1. The summed E-state index contributed by atoms with van der Waals surface area (Å²) in [6.07, 6.45) is 4.04. The fraction of sp³-hybridized carbons (Fsp3) is 0.556. The molecule has 0 radical (unpaired) electrons. The molecule has 1 fully saturated rings. The lowest BCUT2D eigenvalue weighted by atomic mass is 10.0. The minimum Gasteiger partial charge on any atom is -0.378 e. The lowest BCUT2D eigenvalue weighted by Gasteiger charge is -2.28. The second kappa shape index (κ2) is 6.69. The number of fused-ring (bicyclic) bond motifs is 1. The highest BCUT2D eigenvalue weighted by atomic mass is 32.1. The van der Waals surface area contributed by atoms with Crippen molar-refractivity contribution in [3.63, 3.8) is 0 Å². The van der Waals surface area contributed by atoms with Gasteiger partial charge in [-0.3, -0.25) is 9.48 Å². The topological polar surface area (TPSA) is 47.4 Å². The molecule has 2 aromatic heterocycles. The van der Waals surface area contributed by atoms with Gasteiger partial charge in [-0.2, -0.15) is 5.10 Å². The fourth-order valence-electron chi connectivity index (χ4n) is 3.40. The van der Waals surface area contributed by atoms with Crippen molar-refractivity contribution in [3.05, 3.63) is 39.3 Å². The van der Waals surface area contributed by atoms with Gasteiger partial charge in [-0.1, -0.05) is 6.07 Å². The zero-order valence-electron chi connectivity index (χ0n) is 14.0. The maximum Gasteiger partial charge on any atom is 0.228 e. The summed E-state index contributed by atoms with van der Waals surface area (Å²) < 4.78 is 7.51. The Hall–Kier alpha value is -1.66. The second-order valence-corrected chi connectivity index (χ2v) is 7.78. The molecule has 0 bridgehead atoms. The first-order chi connectivity index (χ1) is 11.7. The first kappa shape index (κ1) is 15.8. The van der Waals surface area contributed by atoms with Gasteiger partial charge in [0.25, 0.3) is 0 Å². The zero-order valence-corrected chi connectivity index (χ0v) is 14.8. The third-order valence-corrected chi connectivity index (χ3v) is 5.76. The molecule has 0 unspecified atom stereocenters. The lowest BCUT2D eigenvalue weighted by Crippen LogP contribution is -2.37. The average molecular weight is 345 g/mol. The molecule has 0 atom stereocenters. The van der Waals surface area contributed by atoms with Crippen LogP contribution in [0.25, 0.3) is 0 Å². The van der Waals surface area contributed by atoms with E-state index in [0.717, 1.165) is 36.0 Å². The van der Waals surface area contributed by atoms with Crippen LogP contribution in [0.1, 0.15) is 34.7 Å². The molecule has 1 aliphatic heterocycles. The van der Waals surface area contributed by atoms with Gasteiger partial charge in [0.05, 0.1) is 18.7 Å². The zero-order chi connectivity index (χ0) is 16.5. The number of rotatable bonds is 6. The van der Waals surface area contributed by atoms with E-state index < -0.39 is 0 Å². The summed E-state index contributed by atoms with van der Waals surface area (Å²) in [5.41, 5.74) is 3.53. The van der Waals surface area contributed by atoms with Gasteiger partial charge in [-0.25, -0.2) is 0 Å². The number of carbonyl (C=O) groups is 1. The van der Waals surface area contributed by atoms with E-state index in [2.05, 4.69) is 4.68 Å². The molecule has 3 heterocycles. The van der Waals surface area contributed by atoms with Crippen molar-refractivity contribution in [3.8, 4) is 0 Å². The number of nitrogens with zero attached hydrogens (tertiary/aromatic N) is 3. The third-order valence-electron chi connectivity index (χ3n) is 4.88. The summed E-state index contributed by atoms with van der Waals surface area (Å²) in [4.78, 5) is 15.7. The Bertz CT molecular complexity index is 719. The van der Waals surface area contributed by atoms with E-state index in [0.29, 0.717) is 19.6 Å². The Morgan fingerprint density at radius 2 is 2.33 bits per heavy atom. The summed E-state index contributed by atoms with van der Waals surface area (Å²) in [6, 6.07) is 4.03. The smallest absolute Gasteiger partial charge is 0.228 e. The summed E-state index contributed by atoms with van der Waals surface area (Å²) in [6.45, 7) is 3.00. The molecule has 5 nitrogen and oxygen atoms in total. The number of methoxy groups -OCH3 is 1. The maximum absolute atomic E-state index is 12.6. The van der Waals surface area contributed by atoms with E-state index in [4.69, 9.17) is 9.84 Å². The number of thiophene rings is 1. The Balaban J connectivity index is 1.52. The first-order valence-corrected chi connectivity index (χ1v) is 9.49. The molecule has 0 saturated heterocycles. The molecule has 0 aromatic carbocycles. The summed E-state index contributed by atoms with van der Waals surface area (Å²) in [5.74, 6) is 1.00. The predicted octanol–water partition coefficient (Wildman–Crippen LogP) is 2.63. The first-order valence-electron chi connectivity index (χ1n) is 8.61. The van der Waals surface area contributed by atoms with Crippen LogP contribution in [0.15, 0.2) is 17.5 Å². The van der Waals surface area contributed by atoms with Crippen LogP contribution >= 0.6 is 11.3 Å². The minimum atomic E-state index is 0.210. The molecule has 2 aliphatic rings. The summed E-state index contributed by atoms with van der Waals surface area (Å²) in [5, 5.41) is 6.81. The highest BCUT2D eigenvalue weighted by Gasteiger charge is 2.30. The van der Waals surface area contributed by atoms with Crippen molar-refractivity contribution in [2.24, 2.45) is 5.92 Å². The second-order valence-electron chi connectivity index (χ2n) is 6.75. The monoisotopic (exact) mass is 345 g/mol. The van der Waals surface area contributed by atoms with Gasteiger partial charge < -0.3 is 9.64 Å². The summed E-state index contributed by atoms with van der Waals surface area (Å²) in [7, 11) is 1.70. The Kier molecular flexibility index (Phi) is 4.41. The molecular weight excluding hydrogens is 322 g/mol. The number of carbonyl (C=O) groups excluding carboxylic acids is 1. The van der Waals surface area contributed by atoms with E-state index in [-0.39, 0.29) is 5.91 Å². The molecule has 1 aliphatic carbocycles. The van der Waals surface area contributed by atoms with Crippen molar-refractivity contribution < 1.29 is 9.53 Å². The van der Waals surface area contributed by atoms with Gasteiger partial charge in [0.2, 0.25) is 5.91 Å².